The highest BCUT2D eigenvalue weighted by Crippen LogP contribution is 2.23. The van der Waals surface area contributed by atoms with E-state index in [2.05, 4.69) is 28.2 Å². The zero-order valence-corrected chi connectivity index (χ0v) is 16.3. The second kappa shape index (κ2) is 7.91. The Labute approximate surface area is 168 Å². The van der Waals surface area contributed by atoms with Gasteiger partial charge in [-0.05, 0) is 42.7 Å². The van der Waals surface area contributed by atoms with Crippen molar-refractivity contribution in [3.8, 4) is 0 Å². The Bertz CT molecular complexity index is 1080. The molecule has 3 amide bonds. The lowest BCUT2D eigenvalue weighted by atomic mass is 9.98. The highest BCUT2D eigenvalue weighted by Gasteiger charge is 2.30. The molecule has 148 valence electrons. The third-order valence-corrected chi connectivity index (χ3v) is 5.35. The van der Waals surface area contributed by atoms with E-state index in [0.29, 0.717) is 18.5 Å². The summed E-state index contributed by atoms with van der Waals surface area (Å²) in [7, 11) is 0. The van der Waals surface area contributed by atoms with Crippen LogP contribution in [0.15, 0.2) is 54.7 Å². The Morgan fingerprint density at radius 3 is 2.59 bits per heavy atom. The minimum absolute atomic E-state index is 0.0717. The number of hydrogen-bond donors (Lipinski definition) is 2. The summed E-state index contributed by atoms with van der Waals surface area (Å²) < 4.78 is 2.15. The van der Waals surface area contributed by atoms with Gasteiger partial charge in [0.15, 0.2) is 0 Å². The SMILES string of the molecule is CCn1cc(CC(=O)Nc2ccc(CC3CC(=O)NC3=O)cc2)c2ccccc21. The first-order valence-corrected chi connectivity index (χ1v) is 9.82. The van der Waals surface area contributed by atoms with Crippen LogP contribution in [0.1, 0.15) is 24.5 Å². The Hall–Kier alpha value is -3.41. The molecule has 0 aliphatic carbocycles. The third-order valence-electron chi connectivity index (χ3n) is 5.35. The van der Waals surface area contributed by atoms with E-state index in [1.165, 1.54) is 0 Å². The molecule has 1 fully saturated rings. The van der Waals surface area contributed by atoms with Gasteiger partial charge in [-0.25, -0.2) is 0 Å². The third kappa shape index (κ3) is 4.06. The lowest BCUT2D eigenvalue weighted by molar-refractivity contribution is -0.125. The molecule has 6 nitrogen and oxygen atoms in total. The summed E-state index contributed by atoms with van der Waals surface area (Å²) in [6.45, 7) is 2.94. The maximum absolute atomic E-state index is 12.6. The molecular formula is C23H23N3O3. The fraction of sp³-hybridized carbons (Fsp3) is 0.261. The first-order valence-electron chi connectivity index (χ1n) is 9.82. The van der Waals surface area contributed by atoms with Crippen LogP contribution in [-0.2, 0) is 33.8 Å². The highest BCUT2D eigenvalue weighted by atomic mass is 16.2. The average Bonchev–Trinajstić information content (AvgIpc) is 3.22. The summed E-state index contributed by atoms with van der Waals surface area (Å²) in [6.07, 6.45) is 3.10. The molecular weight excluding hydrogens is 366 g/mol. The average molecular weight is 389 g/mol. The van der Waals surface area contributed by atoms with Crippen molar-refractivity contribution >= 4 is 34.3 Å². The maximum Gasteiger partial charge on any atom is 0.230 e. The molecule has 0 bridgehead atoms. The quantitative estimate of drug-likeness (QED) is 0.636. The van der Waals surface area contributed by atoms with Crippen molar-refractivity contribution in [1.82, 2.24) is 9.88 Å². The number of carbonyl (C=O) groups is 3. The number of para-hydroxylation sites is 1. The number of fused-ring (bicyclic) bond motifs is 1. The van der Waals surface area contributed by atoms with Crippen molar-refractivity contribution in [1.29, 1.82) is 0 Å². The van der Waals surface area contributed by atoms with Gasteiger partial charge in [-0.3, -0.25) is 19.7 Å². The van der Waals surface area contributed by atoms with Crippen LogP contribution in [0.2, 0.25) is 0 Å². The summed E-state index contributed by atoms with van der Waals surface area (Å²) in [5, 5.41) is 6.37. The molecule has 4 rings (SSSR count). The minimum atomic E-state index is -0.307. The van der Waals surface area contributed by atoms with Gasteiger partial charge < -0.3 is 9.88 Å². The van der Waals surface area contributed by atoms with Gasteiger partial charge in [0.1, 0.15) is 0 Å². The van der Waals surface area contributed by atoms with Crippen LogP contribution in [-0.4, -0.2) is 22.3 Å². The molecule has 0 radical (unpaired) electrons. The molecule has 2 heterocycles. The Morgan fingerprint density at radius 1 is 1.14 bits per heavy atom. The molecule has 1 unspecified atom stereocenters. The van der Waals surface area contributed by atoms with Crippen LogP contribution < -0.4 is 10.6 Å². The molecule has 6 heteroatoms. The van der Waals surface area contributed by atoms with Crippen molar-refractivity contribution in [2.45, 2.75) is 32.7 Å². The minimum Gasteiger partial charge on any atom is -0.347 e. The van der Waals surface area contributed by atoms with Crippen molar-refractivity contribution in [2.75, 3.05) is 5.32 Å². The molecule has 1 atom stereocenters. The summed E-state index contributed by atoms with van der Waals surface area (Å²) in [5.74, 6) is -0.803. The molecule has 1 aromatic heterocycles. The normalized spacial score (nSPS) is 16.2. The van der Waals surface area contributed by atoms with Crippen LogP contribution in [0.5, 0.6) is 0 Å². The summed E-state index contributed by atoms with van der Waals surface area (Å²) in [6, 6.07) is 15.5. The number of aromatic nitrogens is 1. The van der Waals surface area contributed by atoms with Crippen molar-refractivity contribution in [2.24, 2.45) is 5.92 Å². The largest absolute Gasteiger partial charge is 0.347 e. The number of nitrogens with zero attached hydrogens (tertiary/aromatic N) is 1. The molecule has 29 heavy (non-hydrogen) atoms. The zero-order valence-electron chi connectivity index (χ0n) is 16.3. The van der Waals surface area contributed by atoms with E-state index in [9.17, 15) is 14.4 Å². The molecule has 2 aromatic carbocycles. The monoisotopic (exact) mass is 389 g/mol. The van der Waals surface area contributed by atoms with E-state index in [0.717, 1.165) is 28.6 Å². The number of amides is 3. The molecule has 1 aliphatic rings. The van der Waals surface area contributed by atoms with Gasteiger partial charge in [0.05, 0.1) is 12.3 Å². The van der Waals surface area contributed by atoms with Crippen molar-refractivity contribution in [3.63, 3.8) is 0 Å². The number of nitrogens with one attached hydrogen (secondary N) is 2. The van der Waals surface area contributed by atoms with Gasteiger partial charge in [-0.2, -0.15) is 0 Å². The van der Waals surface area contributed by atoms with E-state index in [1.54, 1.807) is 0 Å². The molecule has 3 aromatic rings. The van der Waals surface area contributed by atoms with Gasteiger partial charge in [0, 0.05) is 35.8 Å². The Balaban J connectivity index is 1.40. The second-order valence-corrected chi connectivity index (χ2v) is 7.40. The van der Waals surface area contributed by atoms with Crippen LogP contribution in [0.25, 0.3) is 10.9 Å². The van der Waals surface area contributed by atoms with Gasteiger partial charge in [-0.15, -0.1) is 0 Å². The van der Waals surface area contributed by atoms with E-state index >= 15 is 0 Å². The van der Waals surface area contributed by atoms with Gasteiger partial charge in [0.25, 0.3) is 0 Å². The second-order valence-electron chi connectivity index (χ2n) is 7.40. The standard InChI is InChI=1S/C23H23N3O3/c1-2-26-14-17(19-5-3-4-6-20(19)26)13-21(27)24-18-9-7-15(8-10-18)11-16-12-22(28)25-23(16)29/h3-10,14,16H,2,11-13H2,1H3,(H,24,27)(H,25,28,29). The first kappa shape index (κ1) is 18.9. The van der Waals surface area contributed by atoms with Crippen LogP contribution in [0.4, 0.5) is 5.69 Å². The number of aryl methyl sites for hydroxylation is 1. The van der Waals surface area contributed by atoms with E-state index in [1.807, 2.05) is 48.7 Å². The van der Waals surface area contributed by atoms with Crippen LogP contribution >= 0.6 is 0 Å². The lowest BCUT2D eigenvalue weighted by Gasteiger charge is -2.08. The Morgan fingerprint density at radius 2 is 1.90 bits per heavy atom. The van der Waals surface area contributed by atoms with Gasteiger partial charge >= 0.3 is 0 Å². The molecule has 1 aliphatic heterocycles. The van der Waals surface area contributed by atoms with Crippen molar-refractivity contribution in [3.05, 3.63) is 65.9 Å². The number of anilines is 1. The van der Waals surface area contributed by atoms with Crippen LogP contribution in [0.3, 0.4) is 0 Å². The topological polar surface area (TPSA) is 80.2 Å². The van der Waals surface area contributed by atoms with E-state index in [4.69, 9.17) is 0 Å². The van der Waals surface area contributed by atoms with Gasteiger partial charge in [-0.1, -0.05) is 30.3 Å². The zero-order chi connectivity index (χ0) is 20.4. The fourth-order valence-electron chi connectivity index (χ4n) is 3.88. The van der Waals surface area contributed by atoms with E-state index in [-0.39, 0.29) is 30.1 Å². The summed E-state index contributed by atoms with van der Waals surface area (Å²) >= 11 is 0. The number of imide groups is 1. The summed E-state index contributed by atoms with van der Waals surface area (Å²) in [5.41, 5.74) is 3.82. The smallest absolute Gasteiger partial charge is 0.230 e. The van der Waals surface area contributed by atoms with Crippen LogP contribution in [0, 0.1) is 5.92 Å². The lowest BCUT2D eigenvalue weighted by Crippen LogP contribution is -2.22. The first-order chi connectivity index (χ1) is 14.0. The predicted octanol–water partition coefficient (Wildman–Crippen LogP) is 3.05. The number of benzene rings is 2. The van der Waals surface area contributed by atoms with Crippen molar-refractivity contribution < 1.29 is 14.4 Å². The van der Waals surface area contributed by atoms with E-state index < -0.39 is 0 Å². The predicted molar refractivity (Wildman–Crippen MR) is 111 cm³/mol. The maximum atomic E-state index is 12.6. The number of rotatable bonds is 6. The molecule has 0 spiro atoms. The number of hydrogen-bond acceptors (Lipinski definition) is 3. The molecule has 2 N–H and O–H groups in total. The summed E-state index contributed by atoms with van der Waals surface area (Å²) in [4.78, 5) is 35.6. The fourth-order valence-corrected chi connectivity index (χ4v) is 3.88. The van der Waals surface area contributed by atoms with Gasteiger partial charge in [0.2, 0.25) is 17.7 Å². The molecule has 0 saturated carbocycles. The Kier molecular flexibility index (Phi) is 5.16. The molecule has 1 saturated heterocycles. The highest BCUT2D eigenvalue weighted by molar-refractivity contribution is 6.03. The number of carbonyl (C=O) groups excluding carboxylic acids is 3.